The highest BCUT2D eigenvalue weighted by atomic mass is 16.3. The number of hydrogen-bond donors (Lipinski definition) is 0. The average molecular weight is 623 g/mol. The van der Waals surface area contributed by atoms with E-state index in [9.17, 15) is 0 Å². The van der Waals surface area contributed by atoms with Crippen molar-refractivity contribution in [1.82, 2.24) is 0 Å². The maximum atomic E-state index is 6.54. The lowest BCUT2D eigenvalue weighted by molar-refractivity contribution is 0.669. The molecule has 1 aromatic heterocycles. The van der Waals surface area contributed by atoms with Crippen molar-refractivity contribution in [3.05, 3.63) is 182 Å². The van der Waals surface area contributed by atoms with Crippen LogP contribution in [0.2, 0.25) is 0 Å². The summed E-state index contributed by atoms with van der Waals surface area (Å²) < 4.78 is 6.54. The lowest BCUT2D eigenvalue weighted by Gasteiger charge is -2.20. The summed E-state index contributed by atoms with van der Waals surface area (Å²) in [5.74, 6) is 0. The summed E-state index contributed by atoms with van der Waals surface area (Å²) in [5, 5.41) is 9.63. The molecule has 0 radical (unpaired) electrons. The van der Waals surface area contributed by atoms with E-state index in [-0.39, 0.29) is 0 Å². The molecule has 0 aliphatic carbocycles. The van der Waals surface area contributed by atoms with Crippen LogP contribution < -0.4 is 0 Å². The maximum Gasteiger partial charge on any atom is 0.136 e. The predicted octanol–water partition coefficient (Wildman–Crippen LogP) is 13.7. The van der Waals surface area contributed by atoms with Crippen molar-refractivity contribution in [2.24, 2.45) is 0 Å². The maximum absolute atomic E-state index is 6.54. The molecule has 49 heavy (non-hydrogen) atoms. The molecule has 1 heterocycles. The molecule has 0 saturated carbocycles. The Morgan fingerprint density at radius 2 is 0.776 bits per heavy atom. The first kappa shape index (κ1) is 27.7. The second-order valence-corrected chi connectivity index (χ2v) is 12.8. The molecule has 1 nitrogen and oxygen atoms in total. The summed E-state index contributed by atoms with van der Waals surface area (Å²) in [7, 11) is 0. The van der Waals surface area contributed by atoms with E-state index >= 15 is 0 Å². The number of benzene rings is 9. The van der Waals surface area contributed by atoms with Gasteiger partial charge >= 0.3 is 0 Å². The van der Waals surface area contributed by atoms with Crippen LogP contribution >= 0.6 is 0 Å². The number of fused-ring (bicyclic) bond motifs is 6. The Labute approximate surface area is 284 Å². The van der Waals surface area contributed by atoms with Crippen molar-refractivity contribution in [1.29, 1.82) is 0 Å². The lowest BCUT2D eigenvalue weighted by atomic mass is 9.83. The van der Waals surface area contributed by atoms with Gasteiger partial charge in [0.25, 0.3) is 0 Å². The second kappa shape index (κ2) is 11.1. The molecular formula is C48H30O. The van der Waals surface area contributed by atoms with Gasteiger partial charge in [-0.05, 0) is 95.0 Å². The van der Waals surface area contributed by atoms with E-state index in [0.717, 1.165) is 21.9 Å². The van der Waals surface area contributed by atoms with E-state index in [1.165, 1.54) is 76.8 Å². The number of hydrogen-bond acceptors (Lipinski definition) is 1. The van der Waals surface area contributed by atoms with Crippen LogP contribution in [0.25, 0.3) is 98.8 Å². The molecule has 0 unspecified atom stereocenters. The van der Waals surface area contributed by atoms with Crippen LogP contribution in [0.1, 0.15) is 0 Å². The van der Waals surface area contributed by atoms with Gasteiger partial charge in [0.1, 0.15) is 11.2 Å². The third-order valence-electron chi connectivity index (χ3n) is 10.1. The summed E-state index contributed by atoms with van der Waals surface area (Å²) in [6.07, 6.45) is 0. The molecule has 10 rings (SSSR count). The van der Waals surface area contributed by atoms with Crippen LogP contribution in [0.15, 0.2) is 186 Å². The topological polar surface area (TPSA) is 13.1 Å². The molecular weight excluding hydrogens is 593 g/mol. The molecule has 0 N–H and O–H groups in total. The molecule has 0 spiro atoms. The number of rotatable bonds is 4. The van der Waals surface area contributed by atoms with Crippen molar-refractivity contribution in [2.45, 2.75) is 0 Å². The Morgan fingerprint density at radius 1 is 0.286 bits per heavy atom. The summed E-state index contributed by atoms with van der Waals surface area (Å²) in [4.78, 5) is 0. The van der Waals surface area contributed by atoms with Gasteiger partial charge in [-0.3, -0.25) is 0 Å². The van der Waals surface area contributed by atoms with Crippen LogP contribution in [-0.2, 0) is 0 Å². The highest BCUT2D eigenvalue weighted by Gasteiger charge is 2.21. The second-order valence-electron chi connectivity index (χ2n) is 12.8. The van der Waals surface area contributed by atoms with Crippen molar-refractivity contribution >= 4 is 54.3 Å². The first-order chi connectivity index (χ1) is 24.3. The van der Waals surface area contributed by atoms with Gasteiger partial charge in [0.05, 0.1) is 0 Å². The third-order valence-corrected chi connectivity index (χ3v) is 10.1. The Morgan fingerprint density at radius 3 is 1.45 bits per heavy atom. The molecule has 0 fully saturated rings. The molecule has 0 atom stereocenters. The Balaban J connectivity index is 1.25. The minimum absolute atomic E-state index is 0.907. The van der Waals surface area contributed by atoms with E-state index < -0.39 is 0 Å². The third kappa shape index (κ3) is 4.40. The first-order valence-corrected chi connectivity index (χ1v) is 16.8. The summed E-state index contributed by atoms with van der Waals surface area (Å²) in [6.45, 7) is 0. The van der Waals surface area contributed by atoms with Crippen LogP contribution in [-0.4, -0.2) is 0 Å². The first-order valence-electron chi connectivity index (χ1n) is 16.8. The van der Waals surface area contributed by atoms with Crippen LogP contribution in [0.5, 0.6) is 0 Å². The minimum atomic E-state index is 0.907. The van der Waals surface area contributed by atoms with Gasteiger partial charge in [-0.2, -0.15) is 0 Å². The fourth-order valence-corrected chi connectivity index (χ4v) is 7.85. The van der Waals surface area contributed by atoms with Gasteiger partial charge < -0.3 is 4.42 Å². The van der Waals surface area contributed by atoms with E-state index in [0.29, 0.717) is 0 Å². The molecule has 0 bridgehead atoms. The lowest BCUT2D eigenvalue weighted by Crippen LogP contribution is -1.93. The van der Waals surface area contributed by atoms with E-state index in [4.69, 9.17) is 4.42 Å². The van der Waals surface area contributed by atoms with Crippen molar-refractivity contribution in [2.75, 3.05) is 0 Å². The molecule has 228 valence electrons. The van der Waals surface area contributed by atoms with Crippen molar-refractivity contribution in [3.63, 3.8) is 0 Å². The molecule has 0 aliphatic heterocycles. The minimum Gasteiger partial charge on any atom is -0.456 e. The fourth-order valence-electron chi connectivity index (χ4n) is 7.85. The van der Waals surface area contributed by atoms with Gasteiger partial charge in [-0.25, -0.2) is 0 Å². The molecule has 10 aromatic rings. The average Bonchev–Trinajstić information content (AvgIpc) is 3.54. The quantitative estimate of drug-likeness (QED) is 0.178. The monoisotopic (exact) mass is 622 g/mol. The standard InChI is InChI=1S/C48H30O/c1-2-13-31(14-3-1)32-25-27-33(28-26-32)36-17-6-7-18-37(36)46-38-19-8-10-21-40(38)47(41-22-11-9-20-39(41)46)42-23-12-24-44-48(42)43-29-34-15-4-5-16-35(34)30-45(43)49-44/h1-30H. The zero-order chi connectivity index (χ0) is 32.3. The number of furan rings is 1. The van der Waals surface area contributed by atoms with Crippen LogP contribution in [0.4, 0.5) is 0 Å². The highest BCUT2D eigenvalue weighted by molar-refractivity contribution is 6.26. The van der Waals surface area contributed by atoms with Crippen LogP contribution in [0, 0.1) is 0 Å². The zero-order valence-electron chi connectivity index (χ0n) is 26.7. The summed E-state index contributed by atoms with van der Waals surface area (Å²) in [5.41, 5.74) is 11.6. The van der Waals surface area contributed by atoms with Gasteiger partial charge in [0.15, 0.2) is 0 Å². The Bertz CT molecular complexity index is 2800. The van der Waals surface area contributed by atoms with Gasteiger partial charge in [0, 0.05) is 10.8 Å². The largest absolute Gasteiger partial charge is 0.456 e. The highest BCUT2D eigenvalue weighted by Crippen LogP contribution is 2.48. The van der Waals surface area contributed by atoms with E-state index in [1.54, 1.807) is 0 Å². The molecule has 1 heteroatoms. The van der Waals surface area contributed by atoms with Gasteiger partial charge in [0.2, 0.25) is 0 Å². The van der Waals surface area contributed by atoms with Crippen LogP contribution in [0.3, 0.4) is 0 Å². The van der Waals surface area contributed by atoms with Crippen molar-refractivity contribution < 1.29 is 4.42 Å². The summed E-state index contributed by atoms with van der Waals surface area (Å²) in [6, 6.07) is 65.7. The predicted molar refractivity (Wildman–Crippen MR) is 208 cm³/mol. The SMILES string of the molecule is c1ccc(-c2ccc(-c3ccccc3-c3c4ccccc4c(-c4cccc5oc6cc7ccccc7cc6c45)c4ccccc34)cc2)cc1. The molecule has 0 amide bonds. The zero-order valence-corrected chi connectivity index (χ0v) is 26.7. The Hall–Kier alpha value is -6.44. The normalized spacial score (nSPS) is 11.7. The molecule has 0 saturated heterocycles. The smallest absolute Gasteiger partial charge is 0.136 e. The van der Waals surface area contributed by atoms with Crippen molar-refractivity contribution in [3.8, 4) is 44.5 Å². The van der Waals surface area contributed by atoms with Gasteiger partial charge in [-0.15, -0.1) is 0 Å². The summed E-state index contributed by atoms with van der Waals surface area (Å²) >= 11 is 0. The molecule has 9 aromatic carbocycles. The Kier molecular flexibility index (Phi) is 6.25. The fraction of sp³-hybridized carbons (Fsp3) is 0. The molecule has 0 aliphatic rings. The van der Waals surface area contributed by atoms with E-state index in [1.807, 2.05) is 0 Å². The van der Waals surface area contributed by atoms with Gasteiger partial charge in [-0.1, -0.05) is 164 Å². The van der Waals surface area contributed by atoms with E-state index in [2.05, 4.69) is 182 Å².